The zero-order valence-electron chi connectivity index (χ0n) is 14.8. The molecule has 0 aliphatic heterocycles. The minimum atomic E-state index is -0.414. The monoisotopic (exact) mass is 358 g/mol. The first-order valence-electron chi connectivity index (χ1n) is 8.39. The Hall–Kier alpha value is -3.73. The summed E-state index contributed by atoms with van der Waals surface area (Å²) in [5.74, 6) is -0.258. The summed E-state index contributed by atoms with van der Waals surface area (Å²) in [6.07, 6.45) is 1.52. The molecule has 0 radical (unpaired) electrons. The predicted octanol–water partition coefficient (Wildman–Crippen LogP) is 3.98. The van der Waals surface area contributed by atoms with Crippen molar-refractivity contribution in [3.05, 3.63) is 101 Å². The second kappa shape index (κ2) is 8.58. The van der Waals surface area contributed by atoms with Gasteiger partial charge >= 0.3 is 5.97 Å². The van der Waals surface area contributed by atoms with Crippen molar-refractivity contribution < 1.29 is 14.3 Å². The predicted molar refractivity (Wildman–Crippen MR) is 104 cm³/mol. The summed E-state index contributed by atoms with van der Waals surface area (Å²) in [5.41, 5.74) is 5.36. The van der Waals surface area contributed by atoms with E-state index < -0.39 is 5.97 Å². The van der Waals surface area contributed by atoms with Crippen molar-refractivity contribution in [3.63, 3.8) is 0 Å². The highest BCUT2D eigenvalue weighted by Gasteiger charge is 2.07. The fourth-order valence-corrected chi connectivity index (χ4v) is 2.30. The van der Waals surface area contributed by atoms with Gasteiger partial charge in [0.2, 0.25) is 0 Å². The Kier molecular flexibility index (Phi) is 5.74. The van der Waals surface area contributed by atoms with Crippen LogP contribution in [-0.4, -0.2) is 18.1 Å². The lowest BCUT2D eigenvalue weighted by atomic mass is 10.1. The van der Waals surface area contributed by atoms with Crippen LogP contribution in [0.1, 0.15) is 31.8 Å². The third-order valence-corrected chi connectivity index (χ3v) is 3.79. The summed E-state index contributed by atoms with van der Waals surface area (Å²) in [6.45, 7) is 1.96. The van der Waals surface area contributed by atoms with Crippen LogP contribution in [0.25, 0.3) is 0 Å². The topological polar surface area (TPSA) is 67.8 Å². The molecule has 0 fully saturated rings. The number of carbonyl (C=O) groups excluding carboxylic acids is 2. The number of carbonyl (C=O) groups is 2. The maximum absolute atomic E-state index is 12.0. The van der Waals surface area contributed by atoms with Crippen LogP contribution in [0, 0.1) is 6.92 Å². The van der Waals surface area contributed by atoms with Gasteiger partial charge in [0, 0.05) is 5.56 Å². The first kappa shape index (κ1) is 18.1. The molecule has 0 aromatic heterocycles. The fourth-order valence-electron chi connectivity index (χ4n) is 2.30. The molecule has 0 saturated heterocycles. The summed E-state index contributed by atoms with van der Waals surface area (Å²) >= 11 is 0. The van der Waals surface area contributed by atoms with Crippen LogP contribution < -0.4 is 10.2 Å². The van der Waals surface area contributed by atoms with E-state index in [1.54, 1.807) is 60.7 Å². The number of ether oxygens (including phenoxy) is 1. The maximum atomic E-state index is 12.0. The van der Waals surface area contributed by atoms with Crippen LogP contribution in [0.15, 0.2) is 84.0 Å². The Labute approximate surface area is 157 Å². The average Bonchev–Trinajstić information content (AvgIpc) is 2.70. The van der Waals surface area contributed by atoms with E-state index in [2.05, 4.69) is 10.5 Å². The summed E-state index contributed by atoms with van der Waals surface area (Å²) in [7, 11) is 0. The van der Waals surface area contributed by atoms with Crippen LogP contribution >= 0.6 is 0 Å². The Morgan fingerprint density at radius 2 is 1.52 bits per heavy atom. The van der Waals surface area contributed by atoms with Crippen LogP contribution in [-0.2, 0) is 0 Å². The van der Waals surface area contributed by atoms with Gasteiger partial charge in [0.1, 0.15) is 5.75 Å². The Bertz CT molecular complexity index is 947. The smallest absolute Gasteiger partial charge is 0.343 e. The molecule has 27 heavy (non-hydrogen) atoms. The first-order valence-corrected chi connectivity index (χ1v) is 8.39. The molecular weight excluding hydrogens is 340 g/mol. The first-order chi connectivity index (χ1) is 13.1. The van der Waals surface area contributed by atoms with Crippen LogP contribution in [0.4, 0.5) is 0 Å². The van der Waals surface area contributed by atoms with Crippen molar-refractivity contribution in [2.24, 2.45) is 5.10 Å². The number of benzene rings is 3. The van der Waals surface area contributed by atoms with Crippen molar-refractivity contribution in [3.8, 4) is 5.75 Å². The number of nitrogens with zero attached hydrogens (tertiary/aromatic N) is 1. The summed E-state index contributed by atoms with van der Waals surface area (Å²) in [6, 6.07) is 22.8. The molecule has 3 aromatic rings. The van der Waals surface area contributed by atoms with E-state index in [-0.39, 0.29) is 5.91 Å². The second-order valence-corrected chi connectivity index (χ2v) is 5.89. The van der Waals surface area contributed by atoms with Gasteiger partial charge in [-0.2, -0.15) is 5.10 Å². The van der Waals surface area contributed by atoms with Crippen LogP contribution in [0.5, 0.6) is 5.75 Å². The zero-order chi connectivity index (χ0) is 19.1. The number of hydrogen-bond donors (Lipinski definition) is 1. The maximum Gasteiger partial charge on any atom is 0.343 e. The highest BCUT2D eigenvalue weighted by Crippen LogP contribution is 2.13. The van der Waals surface area contributed by atoms with E-state index in [4.69, 9.17) is 4.74 Å². The van der Waals surface area contributed by atoms with E-state index >= 15 is 0 Å². The van der Waals surface area contributed by atoms with Gasteiger partial charge in [-0.25, -0.2) is 10.2 Å². The van der Waals surface area contributed by atoms with Crippen molar-refractivity contribution >= 4 is 18.1 Å². The van der Waals surface area contributed by atoms with Gasteiger partial charge in [-0.05, 0) is 61.0 Å². The van der Waals surface area contributed by atoms with Crippen molar-refractivity contribution in [2.45, 2.75) is 6.92 Å². The molecule has 5 nitrogen and oxygen atoms in total. The van der Waals surface area contributed by atoms with E-state index in [0.717, 1.165) is 11.1 Å². The standard InChI is InChI=1S/C22H18N2O3/c1-16-7-11-18(12-8-16)21(25)24-23-15-17-9-13-20(14-10-17)27-22(26)19-5-3-2-4-6-19/h2-15H,1H3,(H,24,25). The molecule has 0 bridgehead atoms. The van der Waals surface area contributed by atoms with E-state index in [9.17, 15) is 9.59 Å². The lowest BCUT2D eigenvalue weighted by molar-refractivity contribution is 0.0734. The molecule has 1 N–H and O–H groups in total. The van der Waals surface area contributed by atoms with Gasteiger partial charge in [-0.15, -0.1) is 0 Å². The van der Waals surface area contributed by atoms with Gasteiger partial charge in [0.05, 0.1) is 11.8 Å². The molecule has 3 rings (SSSR count). The highest BCUT2D eigenvalue weighted by atomic mass is 16.5. The van der Waals surface area contributed by atoms with Gasteiger partial charge in [-0.1, -0.05) is 35.9 Å². The molecule has 0 aliphatic carbocycles. The molecule has 5 heteroatoms. The van der Waals surface area contributed by atoms with Crippen LogP contribution in [0.3, 0.4) is 0 Å². The lowest BCUT2D eigenvalue weighted by Gasteiger charge is -2.04. The van der Waals surface area contributed by atoms with E-state index in [1.165, 1.54) is 6.21 Å². The third kappa shape index (κ3) is 5.12. The van der Waals surface area contributed by atoms with Crippen LogP contribution in [0.2, 0.25) is 0 Å². The minimum absolute atomic E-state index is 0.278. The quantitative estimate of drug-likeness (QED) is 0.325. The van der Waals surface area contributed by atoms with Gasteiger partial charge in [0.15, 0.2) is 0 Å². The Morgan fingerprint density at radius 3 is 2.19 bits per heavy atom. The summed E-state index contributed by atoms with van der Waals surface area (Å²) < 4.78 is 5.31. The summed E-state index contributed by atoms with van der Waals surface area (Å²) in [5, 5.41) is 3.95. The highest BCUT2D eigenvalue weighted by molar-refractivity contribution is 5.95. The molecule has 134 valence electrons. The van der Waals surface area contributed by atoms with Crippen molar-refractivity contribution in [1.29, 1.82) is 0 Å². The number of nitrogens with one attached hydrogen (secondary N) is 1. The van der Waals surface area contributed by atoms with E-state index in [0.29, 0.717) is 16.9 Å². The molecule has 0 spiro atoms. The molecule has 0 saturated carbocycles. The minimum Gasteiger partial charge on any atom is -0.423 e. The normalized spacial score (nSPS) is 10.6. The number of aryl methyl sites for hydroxylation is 1. The Balaban J connectivity index is 1.55. The number of amides is 1. The SMILES string of the molecule is Cc1ccc(C(=O)NN=Cc2ccc(OC(=O)c3ccccc3)cc2)cc1. The number of rotatable bonds is 5. The lowest BCUT2D eigenvalue weighted by Crippen LogP contribution is -2.17. The average molecular weight is 358 g/mol. The molecule has 0 heterocycles. The van der Waals surface area contributed by atoms with Gasteiger partial charge in [0.25, 0.3) is 5.91 Å². The third-order valence-electron chi connectivity index (χ3n) is 3.79. The molecule has 0 aliphatic rings. The number of hydrogen-bond acceptors (Lipinski definition) is 4. The van der Waals surface area contributed by atoms with Gasteiger partial charge in [-0.3, -0.25) is 4.79 Å². The van der Waals surface area contributed by atoms with Gasteiger partial charge < -0.3 is 4.74 Å². The number of esters is 1. The fraction of sp³-hybridized carbons (Fsp3) is 0.0455. The van der Waals surface area contributed by atoms with Crippen molar-refractivity contribution in [2.75, 3.05) is 0 Å². The molecule has 1 amide bonds. The zero-order valence-corrected chi connectivity index (χ0v) is 14.8. The van der Waals surface area contributed by atoms with Crippen molar-refractivity contribution in [1.82, 2.24) is 5.43 Å². The molecule has 0 unspecified atom stereocenters. The molecular formula is C22H18N2O3. The molecule has 0 atom stereocenters. The Morgan fingerprint density at radius 1 is 0.852 bits per heavy atom. The van der Waals surface area contributed by atoms with E-state index in [1.807, 2.05) is 25.1 Å². The molecule has 3 aromatic carbocycles. The largest absolute Gasteiger partial charge is 0.423 e. The second-order valence-electron chi connectivity index (χ2n) is 5.89. The number of hydrazone groups is 1. The summed E-state index contributed by atoms with van der Waals surface area (Å²) in [4.78, 5) is 24.0.